The number of aromatic nitrogens is 3. The van der Waals surface area contributed by atoms with Gasteiger partial charge in [-0.05, 0) is 114 Å². The number of hydrogen-bond donors (Lipinski definition) is 0. The molecule has 3 heteroatoms. The van der Waals surface area contributed by atoms with Gasteiger partial charge < -0.3 is 4.57 Å². The third-order valence-corrected chi connectivity index (χ3v) is 15.1. The zero-order valence-electron chi connectivity index (χ0n) is 36.9. The van der Waals surface area contributed by atoms with Crippen molar-refractivity contribution in [2.45, 2.75) is 5.41 Å². The van der Waals surface area contributed by atoms with Crippen LogP contribution in [-0.4, -0.2) is 14.5 Å². The lowest BCUT2D eigenvalue weighted by molar-refractivity contribution is 0.794. The minimum absolute atomic E-state index is 0.393. The summed E-state index contributed by atoms with van der Waals surface area (Å²) in [5.41, 5.74) is 22.1. The first-order chi connectivity index (χ1) is 33.7. The van der Waals surface area contributed by atoms with E-state index in [4.69, 9.17) is 9.97 Å². The van der Waals surface area contributed by atoms with Gasteiger partial charge in [0.15, 0.2) is 0 Å². The third kappa shape index (κ3) is 5.02. The van der Waals surface area contributed by atoms with Gasteiger partial charge in [-0.3, -0.25) is 4.98 Å². The van der Waals surface area contributed by atoms with Crippen LogP contribution in [0.25, 0.3) is 116 Å². The van der Waals surface area contributed by atoms with Gasteiger partial charge >= 0.3 is 0 Å². The highest BCUT2D eigenvalue weighted by atomic mass is 15.0. The molecule has 0 bridgehead atoms. The van der Waals surface area contributed by atoms with Crippen molar-refractivity contribution in [1.82, 2.24) is 14.5 Å². The van der Waals surface area contributed by atoms with Crippen LogP contribution in [0.1, 0.15) is 22.3 Å². The van der Waals surface area contributed by atoms with Crippen LogP contribution in [0.3, 0.4) is 0 Å². The van der Waals surface area contributed by atoms with E-state index >= 15 is 0 Å². The molecule has 68 heavy (non-hydrogen) atoms. The van der Waals surface area contributed by atoms with Gasteiger partial charge in [0.2, 0.25) is 0 Å². The Hall–Kier alpha value is -8.92. The molecule has 0 amide bonds. The smallest absolute Gasteiger partial charge is 0.0979 e. The monoisotopic (exact) mass is 861 g/mol. The summed E-state index contributed by atoms with van der Waals surface area (Å²) >= 11 is 0. The van der Waals surface area contributed by atoms with Gasteiger partial charge in [0.25, 0.3) is 0 Å². The molecule has 314 valence electrons. The molecular formula is C65H39N3. The summed E-state index contributed by atoms with van der Waals surface area (Å²) in [5, 5.41) is 7.04. The standard InChI is InChI=1S/C65H39N3/c1-2-16-43(17-3-1)68-61-35-32-40(41-30-33-50-49-23-12-15-29-58(49)65(59(50)37-41)56-27-13-10-21-47(56)48-22-11-14-28-57(48)65)36-55(61)52-34-31-42(38-62(52)68)44-18-4-7-24-51(44)60-39-66-63-53-25-8-5-19-45(53)46-20-6-9-26-54(46)64(63)67-60/h1-39H. The van der Waals surface area contributed by atoms with Crippen molar-refractivity contribution < 1.29 is 0 Å². The van der Waals surface area contributed by atoms with E-state index in [1.165, 1.54) is 82.7 Å². The largest absolute Gasteiger partial charge is 0.309 e. The normalized spacial score (nSPS) is 13.1. The lowest BCUT2D eigenvalue weighted by Gasteiger charge is -2.30. The summed E-state index contributed by atoms with van der Waals surface area (Å²) < 4.78 is 2.42. The van der Waals surface area contributed by atoms with Crippen LogP contribution in [0.4, 0.5) is 0 Å². The van der Waals surface area contributed by atoms with Crippen molar-refractivity contribution in [2.24, 2.45) is 0 Å². The molecular weight excluding hydrogens is 823 g/mol. The molecule has 0 aliphatic heterocycles. The molecule has 2 aliphatic rings. The second-order valence-corrected chi connectivity index (χ2v) is 18.4. The van der Waals surface area contributed by atoms with Gasteiger partial charge in [0, 0.05) is 32.8 Å². The molecule has 3 nitrogen and oxygen atoms in total. The number of fused-ring (bicyclic) bond motifs is 19. The van der Waals surface area contributed by atoms with Crippen LogP contribution in [0.15, 0.2) is 237 Å². The molecule has 0 radical (unpaired) electrons. The van der Waals surface area contributed by atoms with E-state index in [-0.39, 0.29) is 0 Å². The molecule has 0 saturated carbocycles. The predicted molar refractivity (Wildman–Crippen MR) is 281 cm³/mol. The average molecular weight is 862 g/mol. The fraction of sp³-hybridized carbons (Fsp3) is 0.0154. The molecule has 0 atom stereocenters. The van der Waals surface area contributed by atoms with Crippen LogP contribution in [0, 0.1) is 0 Å². The number of hydrogen-bond acceptors (Lipinski definition) is 2. The maximum absolute atomic E-state index is 5.42. The van der Waals surface area contributed by atoms with Crippen LogP contribution >= 0.6 is 0 Å². The molecule has 1 spiro atoms. The van der Waals surface area contributed by atoms with Gasteiger partial charge in [0.1, 0.15) is 0 Å². The second-order valence-electron chi connectivity index (χ2n) is 18.4. The van der Waals surface area contributed by atoms with Crippen molar-refractivity contribution in [3.63, 3.8) is 0 Å². The Morgan fingerprint density at radius 1 is 0.309 bits per heavy atom. The maximum atomic E-state index is 5.42. The first-order valence-corrected chi connectivity index (χ1v) is 23.5. The van der Waals surface area contributed by atoms with Crippen molar-refractivity contribution in [3.8, 4) is 61.5 Å². The van der Waals surface area contributed by atoms with Gasteiger partial charge in [0.05, 0.1) is 39.4 Å². The summed E-state index contributed by atoms with van der Waals surface area (Å²) in [4.78, 5) is 10.6. The first kappa shape index (κ1) is 37.3. The fourth-order valence-corrected chi connectivity index (χ4v) is 12.2. The minimum Gasteiger partial charge on any atom is -0.309 e. The zero-order valence-corrected chi connectivity index (χ0v) is 36.9. The molecule has 13 aromatic rings. The van der Waals surface area contributed by atoms with E-state index in [1.54, 1.807) is 0 Å². The number of benzene rings is 11. The van der Waals surface area contributed by atoms with E-state index in [1.807, 2.05) is 6.20 Å². The van der Waals surface area contributed by atoms with E-state index in [0.717, 1.165) is 55.4 Å². The van der Waals surface area contributed by atoms with Crippen LogP contribution in [0.2, 0.25) is 0 Å². The molecule has 15 rings (SSSR count). The van der Waals surface area contributed by atoms with Crippen LogP contribution in [0.5, 0.6) is 0 Å². The average Bonchev–Trinajstić information content (AvgIpc) is 4.02. The summed E-state index contributed by atoms with van der Waals surface area (Å²) in [6, 6.07) is 84.8. The van der Waals surface area contributed by atoms with E-state index in [0.29, 0.717) is 0 Å². The van der Waals surface area contributed by atoms with E-state index in [2.05, 4.69) is 235 Å². The highest BCUT2D eigenvalue weighted by Crippen LogP contribution is 2.63. The maximum Gasteiger partial charge on any atom is 0.0979 e. The Bertz CT molecular complexity index is 4170. The Morgan fingerprint density at radius 3 is 1.50 bits per heavy atom. The Morgan fingerprint density at radius 2 is 0.824 bits per heavy atom. The van der Waals surface area contributed by atoms with E-state index in [9.17, 15) is 0 Å². The van der Waals surface area contributed by atoms with Gasteiger partial charge in [-0.15, -0.1) is 0 Å². The lowest BCUT2D eigenvalue weighted by atomic mass is 9.70. The predicted octanol–water partition coefficient (Wildman–Crippen LogP) is 16.4. The summed E-state index contributed by atoms with van der Waals surface area (Å²) in [5.74, 6) is 0. The van der Waals surface area contributed by atoms with Gasteiger partial charge in [-0.1, -0.05) is 194 Å². The lowest BCUT2D eigenvalue weighted by Crippen LogP contribution is -2.25. The van der Waals surface area contributed by atoms with Gasteiger partial charge in [-0.2, -0.15) is 0 Å². The highest BCUT2D eigenvalue weighted by molar-refractivity contribution is 6.23. The third-order valence-electron chi connectivity index (χ3n) is 15.1. The first-order valence-electron chi connectivity index (χ1n) is 23.5. The van der Waals surface area contributed by atoms with Crippen LogP contribution in [-0.2, 0) is 5.41 Å². The molecule has 2 aliphatic carbocycles. The van der Waals surface area contributed by atoms with E-state index < -0.39 is 5.41 Å². The van der Waals surface area contributed by atoms with Crippen molar-refractivity contribution in [3.05, 3.63) is 259 Å². The Labute approximate surface area is 392 Å². The molecule has 0 N–H and O–H groups in total. The molecule has 0 saturated heterocycles. The molecule has 11 aromatic carbocycles. The Kier molecular flexibility index (Phi) is 7.71. The summed E-state index contributed by atoms with van der Waals surface area (Å²) in [6.07, 6.45) is 1.95. The fourth-order valence-electron chi connectivity index (χ4n) is 12.2. The number of para-hydroxylation sites is 1. The zero-order chi connectivity index (χ0) is 44.5. The molecule has 0 unspecified atom stereocenters. The SMILES string of the molecule is c1ccc(-n2c3ccc(-c4ccc5c(c4)C4(c6ccccc6-c6ccccc64)c4ccccc4-5)cc3c3ccc(-c4ccccc4-c4cnc5c6ccccc6c6ccccc6c5n4)cc32)cc1. The van der Waals surface area contributed by atoms with Gasteiger partial charge in [-0.25, -0.2) is 4.98 Å². The number of rotatable bonds is 4. The molecule has 0 fully saturated rings. The quantitative estimate of drug-likeness (QED) is 0.165. The van der Waals surface area contributed by atoms with Crippen LogP contribution < -0.4 is 0 Å². The highest BCUT2D eigenvalue weighted by Gasteiger charge is 2.51. The summed E-state index contributed by atoms with van der Waals surface area (Å²) in [6.45, 7) is 0. The molecule has 2 aromatic heterocycles. The topological polar surface area (TPSA) is 30.7 Å². The summed E-state index contributed by atoms with van der Waals surface area (Å²) in [7, 11) is 0. The Balaban J connectivity index is 0.906. The molecule has 2 heterocycles. The number of nitrogens with zero attached hydrogens (tertiary/aromatic N) is 3. The van der Waals surface area contributed by atoms with Crippen molar-refractivity contribution in [1.29, 1.82) is 0 Å². The van der Waals surface area contributed by atoms with Crippen molar-refractivity contribution in [2.75, 3.05) is 0 Å². The second kappa shape index (κ2) is 14.0. The minimum atomic E-state index is -0.393. The van der Waals surface area contributed by atoms with Crippen molar-refractivity contribution >= 4 is 54.4 Å².